The van der Waals surface area contributed by atoms with Gasteiger partial charge in [0.25, 0.3) is 0 Å². The van der Waals surface area contributed by atoms with E-state index in [0.717, 1.165) is 33.7 Å². The molecule has 3 aromatic heterocycles. The van der Waals surface area contributed by atoms with Gasteiger partial charge < -0.3 is 0 Å². The summed E-state index contributed by atoms with van der Waals surface area (Å²) in [5, 5.41) is 0. The molecular formula is C19H15N3. The predicted molar refractivity (Wildman–Crippen MR) is 89.9 cm³/mol. The molecule has 3 heterocycles. The van der Waals surface area contributed by atoms with Gasteiger partial charge in [0.05, 0.1) is 11.4 Å². The van der Waals surface area contributed by atoms with Gasteiger partial charge >= 0.3 is 0 Å². The summed E-state index contributed by atoms with van der Waals surface area (Å²) in [6.45, 7) is 8.07. The lowest BCUT2D eigenvalue weighted by molar-refractivity contribution is 1.24. The molecule has 3 nitrogen and oxygen atoms in total. The van der Waals surface area contributed by atoms with E-state index in [-0.39, 0.29) is 0 Å². The first-order chi connectivity index (χ1) is 10.8. The monoisotopic (exact) mass is 285 g/mol. The minimum Gasteiger partial charge on any atom is -0.263 e. The first-order valence-corrected chi connectivity index (χ1v) is 6.94. The molecule has 0 atom stereocenters. The van der Waals surface area contributed by atoms with Crippen LogP contribution in [-0.4, -0.2) is 15.0 Å². The number of hydrogen-bond donors (Lipinski definition) is 0. The molecule has 0 aromatic carbocycles. The molecule has 0 fully saturated rings. The Balaban J connectivity index is 2.21. The van der Waals surface area contributed by atoms with Crippen molar-refractivity contribution in [2.75, 3.05) is 0 Å². The van der Waals surface area contributed by atoms with Gasteiger partial charge in [-0.05, 0) is 24.3 Å². The summed E-state index contributed by atoms with van der Waals surface area (Å²) >= 11 is 0. The Morgan fingerprint density at radius 1 is 0.955 bits per heavy atom. The van der Waals surface area contributed by atoms with Crippen LogP contribution < -0.4 is 0 Å². The van der Waals surface area contributed by atoms with E-state index < -0.39 is 0 Å². The molecule has 0 amide bonds. The standard InChI is InChI=1S/C19H15N3/c1-3-15-12-20-13-16(14(2)17-8-4-6-10-21-17)19(15)18-9-5-7-11-22-18/h3-13H,1-2H2. The van der Waals surface area contributed by atoms with Crippen LogP contribution >= 0.6 is 0 Å². The molecule has 0 aliphatic rings. The zero-order valence-electron chi connectivity index (χ0n) is 12.1. The highest BCUT2D eigenvalue weighted by atomic mass is 14.7. The second kappa shape index (κ2) is 6.14. The van der Waals surface area contributed by atoms with Gasteiger partial charge in [0.2, 0.25) is 0 Å². The molecule has 0 N–H and O–H groups in total. The number of rotatable bonds is 4. The average molecular weight is 285 g/mol. The van der Waals surface area contributed by atoms with Crippen molar-refractivity contribution in [3.05, 3.63) is 91.2 Å². The van der Waals surface area contributed by atoms with Crippen LogP contribution in [0.2, 0.25) is 0 Å². The quantitative estimate of drug-likeness (QED) is 0.719. The van der Waals surface area contributed by atoms with Gasteiger partial charge in [-0.1, -0.05) is 31.4 Å². The summed E-state index contributed by atoms with van der Waals surface area (Å²) in [4.78, 5) is 13.1. The number of hydrogen-bond acceptors (Lipinski definition) is 3. The molecule has 0 aliphatic heterocycles. The van der Waals surface area contributed by atoms with Crippen LogP contribution in [0.1, 0.15) is 16.8 Å². The molecule has 0 saturated carbocycles. The Bertz CT molecular complexity index is 809. The number of aromatic nitrogens is 3. The Morgan fingerprint density at radius 2 is 1.73 bits per heavy atom. The fourth-order valence-electron chi connectivity index (χ4n) is 2.34. The summed E-state index contributed by atoms with van der Waals surface area (Å²) < 4.78 is 0. The van der Waals surface area contributed by atoms with Crippen molar-refractivity contribution in [1.29, 1.82) is 0 Å². The lowest BCUT2D eigenvalue weighted by Gasteiger charge is -2.13. The molecule has 0 radical (unpaired) electrons. The van der Waals surface area contributed by atoms with E-state index in [4.69, 9.17) is 0 Å². The van der Waals surface area contributed by atoms with Crippen molar-refractivity contribution in [3.63, 3.8) is 0 Å². The maximum absolute atomic E-state index is 4.46. The average Bonchev–Trinajstić information content (AvgIpc) is 2.62. The van der Waals surface area contributed by atoms with Gasteiger partial charge in [-0.15, -0.1) is 0 Å². The maximum Gasteiger partial charge on any atom is 0.0715 e. The molecule has 22 heavy (non-hydrogen) atoms. The summed E-state index contributed by atoms with van der Waals surface area (Å²) in [7, 11) is 0. The summed E-state index contributed by atoms with van der Waals surface area (Å²) in [6, 6.07) is 11.6. The molecule has 0 saturated heterocycles. The van der Waals surface area contributed by atoms with Crippen LogP contribution in [0.5, 0.6) is 0 Å². The second-order valence-electron chi connectivity index (χ2n) is 4.76. The fourth-order valence-corrected chi connectivity index (χ4v) is 2.34. The van der Waals surface area contributed by atoms with E-state index >= 15 is 0 Å². The van der Waals surface area contributed by atoms with Crippen molar-refractivity contribution in [2.45, 2.75) is 0 Å². The van der Waals surface area contributed by atoms with Crippen LogP contribution in [0.4, 0.5) is 0 Å². The Labute approximate surface area is 129 Å². The first kappa shape index (κ1) is 13.9. The molecule has 0 bridgehead atoms. The van der Waals surface area contributed by atoms with Crippen LogP contribution in [0.15, 0.2) is 74.3 Å². The Hall–Kier alpha value is -3.07. The van der Waals surface area contributed by atoms with Crippen LogP contribution in [-0.2, 0) is 0 Å². The van der Waals surface area contributed by atoms with E-state index in [9.17, 15) is 0 Å². The van der Waals surface area contributed by atoms with Crippen LogP contribution in [0.3, 0.4) is 0 Å². The molecular weight excluding hydrogens is 270 g/mol. The van der Waals surface area contributed by atoms with Gasteiger partial charge in [0.1, 0.15) is 0 Å². The fraction of sp³-hybridized carbons (Fsp3) is 0. The zero-order valence-corrected chi connectivity index (χ0v) is 12.1. The van der Waals surface area contributed by atoms with Gasteiger partial charge in [0.15, 0.2) is 0 Å². The van der Waals surface area contributed by atoms with Crippen LogP contribution in [0, 0.1) is 0 Å². The van der Waals surface area contributed by atoms with E-state index in [0.29, 0.717) is 0 Å². The topological polar surface area (TPSA) is 38.7 Å². The third-order valence-electron chi connectivity index (χ3n) is 3.42. The van der Waals surface area contributed by atoms with Crippen molar-refractivity contribution < 1.29 is 0 Å². The molecule has 0 aliphatic carbocycles. The van der Waals surface area contributed by atoms with Crippen molar-refractivity contribution in [3.8, 4) is 11.3 Å². The minimum atomic E-state index is 0.817. The Kier molecular flexibility index (Phi) is 3.88. The Morgan fingerprint density at radius 3 is 2.36 bits per heavy atom. The highest BCUT2D eigenvalue weighted by molar-refractivity contribution is 5.88. The number of nitrogens with zero attached hydrogens (tertiary/aromatic N) is 3. The molecule has 3 heteroatoms. The number of pyridine rings is 3. The SMILES string of the molecule is C=Cc1cncc(C(=C)c2ccccn2)c1-c1ccccn1. The molecule has 3 aromatic rings. The first-order valence-electron chi connectivity index (χ1n) is 6.94. The molecule has 0 unspecified atom stereocenters. The summed E-state index contributed by atoms with van der Waals surface area (Å²) in [5.41, 5.74) is 5.32. The van der Waals surface area contributed by atoms with Crippen molar-refractivity contribution in [1.82, 2.24) is 15.0 Å². The minimum absolute atomic E-state index is 0.817. The highest BCUT2D eigenvalue weighted by Crippen LogP contribution is 2.32. The largest absolute Gasteiger partial charge is 0.263 e. The van der Waals surface area contributed by atoms with Crippen molar-refractivity contribution in [2.24, 2.45) is 0 Å². The third kappa shape index (κ3) is 2.56. The maximum atomic E-state index is 4.46. The third-order valence-corrected chi connectivity index (χ3v) is 3.42. The normalized spacial score (nSPS) is 10.2. The lowest BCUT2D eigenvalue weighted by Crippen LogP contribution is -1.98. The van der Waals surface area contributed by atoms with Gasteiger partial charge in [-0.3, -0.25) is 15.0 Å². The molecule has 0 spiro atoms. The molecule has 3 rings (SSSR count). The predicted octanol–water partition coefficient (Wildman–Crippen LogP) is 4.24. The zero-order chi connectivity index (χ0) is 15.4. The van der Waals surface area contributed by atoms with E-state index in [1.54, 1.807) is 30.9 Å². The van der Waals surface area contributed by atoms with Gasteiger partial charge in [-0.25, -0.2) is 0 Å². The van der Waals surface area contributed by atoms with E-state index in [2.05, 4.69) is 28.1 Å². The van der Waals surface area contributed by atoms with Crippen LogP contribution in [0.25, 0.3) is 22.9 Å². The van der Waals surface area contributed by atoms with E-state index in [1.807, 2.05) is 36.4 Å². The van der Waals surface area contributed by atoms with E-state index in [1.165, 1.54) is 0 Å². The molecule has 106 valence electrons. The van der Waals surface area contributed by atoms with Gasteiger partial charge in [0, 0.05) is 47.1 Å². The lowest BCUT2D eigenvalue weighted by atomic mass is 9.94. The highest BCUT2D eigenvalue weighted by Gasteiger charge is 2.14. The summed E-state index contributed by atoms with van der Waals surface area (Å²) in [5.74, 6) is 0. The summed E-state index contributed by atoms with van der Waals surface area (Å²) in [6.07, 6.45) is 8.90. The van der Waals surface area contributed by atoms with Gasteiger partial charge in [-0.2, -0.15) is 0 Å². The smallest absolute Gasteiger partial charge is 0.0715 e. The van der Waals surface area contributed by atoms with Crippen molar-refractivity contribution >= 4 is 11.6 Å². The second-order valence-corrected chi connectivity index (χ2v) is 4.76.